The van der Waals surface area contributed by atoms with Gasteiger partial charge in [-0.05, 0) is 18.2 Å². The van der Waals surface area contributed by atoms with Crippen molar-refractivity contribution in [1.29, 1.82) is 0 Å². The molecule has 2 rings (SSSR count). The number of anilines is 2. The van der Waals surface area contributed by atoms with Crippen molar-refractivity contribution in [2.75, 3.05) is 75.9 Å². The minimum atomic E-state index is -3.53. The topological polar surface area (TPSA) is 120 Å². The van der Waals surface area contributed by atoms with Crippen LogP contribution in [0.1, 0.15) is 10.4 Å². The first kappa shape index (κ1) is 22.9. The molecule has 0 aliphatic carbocycles. The highest BCUT2D eigenvalue weighted by atomic mass is 32.2. The normalized spacial score (nSPS) is 14.4. The van der Waals surface area contributed by atoms with E-state index in [2.05, 4.69) is 20.3 Å². The molecule has 0 radical (unpaired) electrons. The monoisotopic (exact) mass is 427 g/mol. The summed E-state index contributed by atoms with van der Waals surface area (Å²) in [6.07, 6.45) is 1.07. The van der Waals surface area contributed by atoms with Crippen LogP contribution < -0.4 is 20.3 Å². The molecule has 3 N–H and O–H groups in total. The van der Waals surface area contributed by atoms with E-state index in [4.69, 9.17) is 4.74 Å². The second-order valence-electron chi connectivity index (χ2n) is 6.85. The summed E-state index contributed by atoms with van der Waals surface area (Å²) < 4.78 is 31.0. The Morgan fingerprint density at radius 3 is 2.59 bits per heavy atom. The van der Waals surface area contributed by atoms with E-state index in [1.54, 1.807) is 12.1 Å². The molecule has 0 unspecified atom stereocenters. The third-order valence-corrected chi connectivity index (χ3v) is 4.94. The number of nitrogens with zero attached hydrogens (tertiary/aromatic N) is 2. The number of piperazine rings is 1. The lowest BCUT2D eigenvalue weighted by atomic mass is 10.1. The van der Waals surface area contributed by atoms with Gasteiger partial charge in [-0.1, -0.05) is 0 Å². The van der Waals surface area contributed by atoms with Gasteiger partial charge in [-0.25, -0.2) is 8.42 Å². The van der Waals surface area contributed by atoms with Gasteiger partial charge in [-0.3, -0.25) is 14.3 Å². The van der Waals surface area contributed by atoms with E-state index in [1.165, 1.54) is 25.1 Å². The highest BCUT2D eigenvalue weighted by molar-refractivity contribution is 7.92. The molecular weight excluding hydrogens is 398 g/mol. The van der Waals surface area contributed by atoms with E-state index in [0.717, 1.165) is 32.4 Å². The molecule has 1 aliphatic rings. The van der Waals surface area contributed by atoms with Gasteiger partial charge in [0.25, 0.3) is 5.91 Å². The van der Waals surface area contributed by atoms with Gasteiger partial charge in [0.15, 0.2) is 0 Å². The van der Waals surface area contributed by atoms with Crippen molar-refractivity contribution in [2.24, 2.45) is 0 Å². The molecule has 0 atom stereocenters. The van der Waals surface area contributed by atoms with E-state index in [-0.39, 0.29) is 18.4 Å². The summed E-state index contributed by atoms with van der Waals surface area (Å²) in [5, 5.41) is 5.90. The number of hydrogen-bond donors (Lipinski definition) is 3. The number of amides is 2. The first-order valence-electron chi connectivity index (χ1n) is 9.30. The average molecular weight is 428 g/mol. The Hall–Kier alpha value is -2.37. The predicted molar refractivity (Wildman–Crippen MR) is 112 cm³/mol. The number of likely N-dealkylation sites (N-methyl/N-ethyl adjacent to an activating group) is 1. The maximum absolute atomic E-state index is 12.7. The molecule has 1 heterocycles. The molecule has 0 bridgehead atoms. The lowest BCUT2D eigenvalue weighted by molar-refractivity contribution is -0.121. The summed E-state index contributed by atoms with van der Waals surface area (Å²) in [5.74, 6) is -0.680. The molecule has 162 valence electrons. The minimum absolute atomic E-state index is 0.114. The van der Waals surface area contributed by atoms with Crippen LogP contribution in [-0.4, -0.2) is 91.4 Å². The fraction of sp³-hybridized carbons (Fsp3) is 0.556. The largest absolute Gasteiger partial charge is 0.383 e. The third kappa shape index (κ3) is 7.18. The molecule has 0 spiro atoms. The van der Waals surface area contributed by atoms with Crippen molar-refractivity contribution in [2.45, 2.75) is 0 Å². The summed E-state index contributed by atoms with van der Waals surface area (Å²) in [6.45, 7) is 3.67. The average Bonchev–Trinajstić information content (AvgIpc) is 2.67. The van der Waals surface area contributed by atoms with Crippen LogP contribution in [0.5, 0.6) is 0 Å². The van der Waals surface area contributed by atoms with Crippen molar-refractivity contribution in [3.63, 3.8) is 0 Å². The summed E-state index contributed by atoms with van der Waals surface area (Å²) in [6, 6.07) is 4.89. The smallest absolute Gasteiger partial charge is 0.254 e. The maximum atomic E-state index is 12.7. The summed E-state index contributed by atoms with van der Waals surface area (Å²) >= 11 is 0. The highest BCUT2D eigenvalue weighted by Gasteiger charge is 2.20. The molecule has 1 saturated heterocycles. The van der Waals surface area contributed by atoms with Gasteiger partial charge in [0.05, 0.1) is 30.8 Å². The molecule has 10 nitrogen and oxygen atoms in total. The fourth-order valence-electron chi connectivity index (χ4n) is 2.99. The molecule has 11 heteroatoms. The van der Waals surface area contributed by atoms with Gasteiger partial charge in [-0.2, -0.15) is 0 Å². The Balaban J connectivity index is 2.18. The van der Waals surface area contributed by atoms with E-state index < -0.39 is 10.0 Å². The Morgan fingerprint density at radius 1 is 1.28 bits per heavy atom. The molecule has 1 aromatic rings. The van der Waals surface area contributed by atoms with Gasteiger partial charge < -0.3 is 25.2 Å². The van der Waals surface area contributed by atoms with Crippen LogP contribution in [0.2, 0.25) is 0 Å². The third-order valence-electron chi connectivity index (χ3n) is 4.35. The number of sulfonamides is 1. The number of carbonyl (C=O) groups is 2. The van der Waals surface area contributed by atoms with E-state index in [1.807, 2.05) is 0 Å². The Labute approximate surface area is 171 Å². The van der Waals surface area contributed by atoms with Crippen LogP contribution in [0.4, 0.5) is 11.4 Å². The van der Waals surface area contributed by atoms with E-state index in [0.29, 0.717) is 30.1 Å². The second kappa shape index (κ2) is 10.4. The minimum Gasteiger partial charge on any atom is -0.383 e. The van der Waals surface area contributed by atoms with Crippen LogP contribution in [0.15, 0.2) is 18.2 Å². The Kier molecular flexibility index (Phi) is 8.23. The molecule has 29 heavy (non-hydrogen) atoms. The first-order valence-corrected chi connectivity index (χ1v) is 11.2. The number of carbonyl (C=O) groups excluding carboxylic acids is 2. The molecule has 2 amide bonds. The SMILES string of the molecule is COCCNC(=O)CN(C)C(=O)c1ccc(N2CCNCC2)c(NS(C)(=O)=O)c1. The molecule has 1 aliphatic heterocycles. The maximum Gasteiger partial charge on any atom is 0.254 e. The molecule has 1 aromatic carbocycles. The van der Waals surface area contributed by atoms with E-state index in [9.17, 15) is 18.0 Å². The summed E-state index contributed by atoms with van der Waals surface area (Å²) in [5.41, 5.74) is 1.36. The fourth-order valence-corrected chi connectivity index (χ4v) is 3.55. The van der Waals surface area contributed by atoms with Gasteiger partial charge in [0, 0.05) is 52.4 Å². The second-order valence-corrected chi connectivity index (χ2v) is 8.60. The zero-order chi connectivity index (χ0) is 21.4. The van der Waals surface area contributed by atoms with Crippen LogP contribution in [0, 0.1) is 0 Å². The number of nitrogens with one attached hydrogen (secondary N) is 3. The van der Waals surface area contributed by atoms with Crippen molar-refractivity contribution in [1.82, 2.24) is 15.5 Å². The summed E-state index contributed by atoms with van der Waals surface area (Å²) in [4.78, 5) is 28.0. The first-order chi connectivity index (χ1) is 13.7. The van der Waals surface area contributed by atoms with E-state index >= 15 is 0 Å². The quantitative estimate of drug-likeness (QED) is 0.446. The van der Waals surface area contributed by atoms with Gasteiger partial charge in [0.1, 0.15) is 0 Å². The number of benzene rings is 1. The highest BCUT2D eigenvalue weighted by Crippen LogP contribution is 2.29. The van der Waals surface area contributed by atoms with Gasteiger partial charge >= 0.3 is 0 Å². The summed E-state index contributed by atoms with van der Waals surface area (Å²) in [7, 11) is -0.470. The number of ether oxygens (including phenoxy) is 1. The Bertz CT molecular complexity index is 824. The lowest BCUT2D eigenvalue weighted by Gasteiger charge is -2.31. The van der Waals surface area contributed by atoms with Crippen molar-refractivity contribution < 1.29 is 22.7 Å². The molecule has 0 aromatic heterocycles. The van der Waals surface area contributed by atoms with Crippen molar-refractivity contribution >= 4 is 33.2 Å². The number of hydrogen-bond acceptors (Lipinski definition) is 7. The molecular formula is C18H29N5O5S. The Morgan fingerprint density at radius 2 is 1.97 bits per heavy atom. The number of rotatable bonds is 9. The predicted octanol–water partition coefficient (Wildman–Crippen LogP) is -0.698. The van der Waals surface area contributed by atoms with Crippen LogP contribution in [-0.2, 0) is 19.6 Å². The van der Waals surface area contributed by atoms with Gasteiger partial charge in [-0.15, -0.1) is 0 Å². The van der Waals surface area contributed by atoms with Crippen molar-refractivity contribution in [3.8, 4) is 0 Å². The van der Waals surface area contributed by atoms with Gasteiger partial charge in [0.2, 0.25) is 15.9 Å². The molecule has 1 fully saturated rings. The zero-order valence-electron chi connectivity index (χ0n) is 17.0. The standard InChI is InChI=1S/C18H29N5O5S/c1-22(13-17(24)20-8-11-28-2)18(25)14-4-5-16(23-9-6-19-7-10-23)15(12-14)21-29(3,26)27/h4-5,12,19,21H,6-11,13H2,1-3H3,(H,20,24). The zero-order valence-corrected chi connectivity index (χ0v) is 17.8. The number of methoxy groups -OCH3 is 1. The van der Waals surface area contributed by atoms with Crippen LogP contribution in [0.3, 0.4) is 0 Å². The van der Waals surface area contributed by atoms with Crippen molar-refractivity contribution in [3.05, 3.63) is 23.8 Å². The lowest BCUT2D eigenvalue weighted by Crippen LogP contribution is -2.44. The van der Waals surface area contributed by atoms with Crippen LogP contribution >= 0.6 is 0 Å². The van der Waals surface area contributed by atoms with Crippen LogP contribution in [0.25, 0.3) is 0 Å². The molecule has 0 saturated carbocycles.